The molecule has 0 saturated carbocycles. The minimum atomic E-state index is 0.102. The van der Waals surface area contributed by atoms with Crippen LogP contribution in [0.25, 0.3) is 0 Å². The van der Waals surface area contributed by atoms with Crippen LogP contribution in [0.2, 0.25) is 0 Å². The Morgan fingerprint density at radius 1 is 1.38 bits per heavy atom. The summed E-state index contributed by atoms with van der Waals surface area (Å²) in [7, 11) is 0. The van der Waals surface area contributed by atoms with Crippen LogP contribution >= 0.6 is 0 Å². The summed E-state index contributed by atoms with van der Waals surface area (Å²) in [6.45, 7) is 2.42. The molecule has 0 bridgehead atoms. The Bertz CT molecular complexity index is 299. The highest BCUT2D eigenvalue weighted by Gasteiger charge is 2.20. The van der Waals surface area contributed by atoms with Gasteiger partial charge in [0.15, 0.2) is 0 Å². The van der Waals surface area contributed by atoms with Gasteiger partial charge in [0.1, 0.15) is 5.82 Å². The van der Waals surface area contributed by atoms with Gasteiger partial charge in [0, 0.05) is 25.5 Å². The minimum Gasteiger partial charge on any atom is -0.394 e. The first-order chi connectivity index (χ1) is 7.90. The first-order valence-electron chi connectivity index (χ1n) is 5.63. The van der Waals surface area contributed by atoms with E-state index in [1.165, 1.54) is 0 Å². The number of aliphatic hydroxyl groups excluding tert-OH is 1. The van der Waals surface area contributed by atoms with Crippen molar-refractivity contribution in [3.63, 3.8) is 0 Å². The van der Waals surface area contributed by atoms with E-state index in [0.717, 1.165) is 31.7 Å². The maximum Gasteiger partial charge on any atom is 0.147 e. The van der Waals surface area contributed by atoms with Crippen molar-refractivity contribution in [1.82, 2.24) is 9.97 Å². The van der Waals surface area contributed by atoms with Crippen LogP contribution in [0.3, 0.4) is 0 Å². The van der Waals surface area contributed by atoms with E-state index in [0.29, 0.717) is 6.61 Å². The largest absolute Gasteiger partial charge is 0.394 e. The van der Waals surface area contributed by atoms with E-state index in [2.05, 4.69) is 14.9 Å². The molecular formula is C11H17N3O2. The molecule has 1 aromatic rings. The predicted molar refractivity (Wildman–Crippen MR) is 60.3 cm³/mol. The van der Waals surface area contributed by atoms with Crippen LogP contribution in [0.15, 0.2) is 18.6 Å². The van der Waals surface area contributed by atoms with Gasteiger partial charge in [0.2, 0.25) is 0 Å². The smallest absolute Gasteiger partial charge is 0.147 e. The fraction of sp³-hybridized carbons (Fsp3) is 0.636. The van der Waals surface area contributed by atoms with E-state index in [9.17, 15) is 0 Å². The summed E-state index contributed by atoms with van der Waals surface area (Å²) < 4.78 is 5.50. The average molecular weight is 223 g/mol. The Morgan fingerprint density at radius 3 is 2.81 bits per heavy atom. The molecular weight excluding hydrogens is 206 g/mol. The van der Waals surface area contributed by atoms with Crippen LogP contribution in [-0.4, -0.2) is 47.5 Å². The number of hydrogen-bond acceptors (Lipinski definition) is 5. The number of rotatable bonds is 4. The van der Waals surface area contributed by atoms with Crippen molar-refractivity contribution in [2.24, 2.45) is 0 Å². The number of anilines is 1. The second-order valence-corrected chi connectivity index (χ2v) is 3.84. The number of piperidine rings is 1. The van der Waals surface area contributed by atoms with Gasteiger partial charge in [-0.1, -0.05) is 0 Å². The normalized spacial score (nSPS) is 17.7. The standard InChI is InChI=1S/C11H17N3O2/c15-7-8-16-10-1-5-14(6-2-10)11-9-12-3-4-13-11/h3-4,9-10,15H,1-2,5-8H2. The molecule has 1 saturated heterocycles. The number of aliphatic hydroxyl groups is 1. The van der Waals surface area contributed by atoms with E-state index in [1.807, 2.05) is 0 Å². The van der Waals surface area contributed by atoms with Crippen LogP contribution in [0.1, 0.15) is 12.8 Å². The zero-order valence-corrected chi connectivity index (χ0v) is 9.25. The molecule has 1 aromatic heterocycles. The van der Waals surface area contributed by atoms with Crippen molar-refractivity contribution in [3.05, 3.63) is 18.6 Å². The molecule has 0 aliphatic carbocycles. The molecule has 5 heteroatoms. The number of ether oxygens (including phenoxy) is 1. The lowest BCUT2D eigenvalue weighted by Gasteiger charge is -2.32. The molecule has 1 aliphatic heterocycles. The van der Waals surface area contributed by atoms with Gasteiger partial charge in [0.05, 0.1) is 25.5 Å². The molecule has 16 heavy (non-hydrogen) atoms. The van der Waals surface area contributed by atoms with Crippen LogP contribution in [-0.2, 0) is 4.74 Å². The SMILES string of the molecule is OCCOC1CCN(c2cnccn2)CC1. The van der Waals surface area contributed by atoms with E-state index in [1.54, 1.807) is 18.6 Å². The molecule has 2 heterocycles. The molecule has 0 amide bonds. The van der Waals surface area contributed by atoms with Gasteiger partial charge in [-0.15, -0.1) is 0 Å². The van der Waals surface area contributed by atoms with Crippen molar-refractivity contribution in [3.8, 4) is 0 Å². The molecule has 0 aromatic carbocycles. The maximum absolute atomic E-state index is 8.67. The lowest BCUT2D eigenvalue weighted by molar-refractivity contribution is 0.0158. The summed E-state index contributed by atoms with van der Waals surface area (Å²) in [6, 6.07) is 0. The molecule has 1 fully saturated rings. The van der Waals surface area contributed by atoms with E-state index < -0.39 is 0 Å². The van der Waals surface area contributed by atoms with Crippen LogP contribution in [0.4, 0.5) is 5.82 Å². The topological polar surface area (TPSA) is 58.5 Å². The van der Waals surface area contributed by atoms with Crippen LogP contribution < -0.4 is 4.90 Å². The molecule has 1 N–H and O–H groups in total. The quantitative estimate of drug-likeness (QED) is 0.803. The van der Waals surface area contributed by atoms with E-state index in [4.69, 9.17) is 9.84 Å². The molecule has 88 valence electrons. The van der Waals surface area contributed by atoms with Gasteiger partial charge < -0.3 is 14.7 Å². The Labute approximate surface area is 95.1 Å². The summed E-state index contributed by atoms with van der Waals surface area (Å²) in [4.78, 5) is 10.5. The van der Waals surface area contributed by atoms with Gasteiger partial charge in [-0.2, -0.15) is 0 Å². The van der Waals surface area contributed by atoms with Gasteiger partial charge in [-0.25, -0.2) is 4.98 Å². The Morgan fingerprint density at radius 2 is 2.19 bits per heavy atom. The summed E-state index contributed by atoms with van der Waals surface area (Å²) in [5, 5.41) is 8.67. The van der Waals surface area contributed by atoms with Crippen molar-refractivity contribution < 1.29 is 9.84 Å². The molecule has 2 rings (SSSR count). The predicted octanol–water partition coefficient (Wildman–Crippen LogP) is 0.454. The van der Waals surface area contributed by atoms with Gasteiger partial charge in [-0.3, -0.25) is 4.98 Å². The molecule has 5 nitrogen and oxygen atoms in total. The monoisotopic (exact) mass is 223 g/mol. The van der Waals surface area contributed by atoms with Crippen LogP contribution in [0.5, 0.6) is 0 Å². The van der Waals surface area contributed by atoms with Crippen molar-refractivity contribution in [2.45, 2.75) is 18.9 Å². The second-order valence-electron chi connectivity index (χ2n) is 3.84. The number of nitrogens with zero attached hydrogens (tertiary/aromatic N) is 3. The zero-order chi connectivity index (χ0) is 11.2. The molecule has 1 aliphatic rings. The highest BCUT2D eigenvalue weighted by atomic mass is 16.5. The van der Waals surface area contributed by atoms with E-state index in [-0.39, 0.29) is 12.7 Å². The first-order valence-corrected chi connectivity index (χ1v) is 5.63. The zero-order valence-electron chi connectivity index (χ0n) is 9.25. The molecule has 0 spiro atoms. The maximum atomic E-state index is 8.67. The molecule has 0 radical (unpaired) electrons. The highest BCUT2D eigenvalue weighted by molar-refractivity contribution is 5.35. The molecule has 0 unspecified atom stereocenters. The third-order valence-electron chi connectivity index (χ3n) is 2.76. The van der Waals surface area contributed by atoms with Crippen molar-refractivity contribution in [2.75, 3.05) is 31.2 Å². The lowest BCUT2D eigenvalue weighted by atomic mass is 10.1. The minimum absolute atomic E-state index is 0.102. The second kappa shape index (κ2) is 5.77. The fourth-order valence-electron chi connectivity index (χ4n) is 1.93. The van der Waals surface area contributed by atoms with Crippen LogP contribution in [0, 0.1) is 0 Å². The lowest BCUT2D eigenvalue weighted by Crippen LogP contribution is -2.37. The van der Waals surface area contributed by atoms with Gasteiger partial charge in [0.25, 0.3) is 0 Å². The third-order valence-corrected chi connectivity index (χ3v) is 2.76. The Hall–Kier alpha value is -1.20. The summed E-state index contributed by atoms with van der Waals surface area (Å²) in [5.41, 5.74) is 0. The third kappa shape index (κ3) is 2.90. The van der Waals surface area contributed by atoms with Crippen molar-refractivity contribution >= 4 is 5.82 Å². The van der Waals surface area contributed by atoms with E-state index >= 15 is 0 Å². The van der Waals surface area contributed by atoms with Gasteiger partial charge >= 0.3 is 0 Å². The first kappa shape index (κ1) is 11.3. The molecule has 0 atom stereocenters. The average Bonchev–Trinajstić information content (AvgIpc) is 2.38. The highest BCUT2D eigenvalue weighted by Crippen LogP contribution is 2.18. The number of hydrogen-bond donors (Lipinski definition) is 1. The summed E-state index contributed by atoms with van der Waals surface area (Å²) in [5.74, 6) is 0.933. The fourth-order valence-corrected chi connectivity index (χ4v) is 1.93. The Kier molecular flexibility index (Phi) is 4.07. The van der Waals surface area contributed by atoms with Gasteiger partial charge in [-0.05, 0) is 12.8 Å². The number of aromatic nitrogens is 2. The Balaban J connectivity index is 1.81. The summed E-state index contributed by atoms with van der Waals surface area (Å²) >= 11 is 0. The van der Waals surface area contributed by atoms with Crippen molar-refractivity contribution in [1.29, 1.82) is 0 Å². The summed E-state index contributed by atoms with van der Waals surface area (Å²) in [6.07, 6.45) is 7.42.